The molecule has 74 valence electrons. The fourth-order valence-electron chi connectivity index (χ4n) is 0.631. The molecule has 1 nitrogen and oxygen atoms in total. The monoisotopic (exact) mass is 306 g/mol. The molecule has 0 radical (unpaired) electrons. The van der Waals surface area contributed by atoms with E-state index in [1.807, 2.05) is 0 Å². The molecule has 0 aliphatic heterocycles. The molecule has 0 amide bonds. The molecule has 0 aromatic carbocycles. The van der Waals surface area contributed by atoms with Gasteiger partial charge in [0.1, 0.15) is 0 Å². The molecular weight excluding hydrogens is 290 g/mol. The third-order valence-corrected chi connectivity index (χ3v) is 17.2. The van der Waals surface area contributed by atoms with E-state index >= 15 is 0 Å². The zero-order valence-electron chi connectivity index (χ0n) is 8.03. The first-order chi connectivity index (χ1) is 4.62. The summed E-state index contributed by atoms with van der Waals surface area (Å²) in [5, 5.41) is 7.92. The molecule has 0 aromatic rings. The molecule has 0 bridgehead atoms. The molecule has 12 heavy (non-hydrogen) atoms. The van der Waals surface area contributed by atoms with Crippen molar-refractivity contribution < 1.29 is 52.3 Å². The Labute approximate surface area is 100 Å². The van der Waals surface area contributed by atoms with Crippen LogP contribution in [0.25, 0.3) is 0 Å². The quantitative estimate of drug-likeness (QED) is 0.407. The molecule has 0 aliphatic rings. The Bertz CT molecular complexity index is 93.5. The average Bonchev–Trinajstić information content (AvgIpc) is 1.89. The first-order valence-corrected chi connectivity index (χ1v) is 12.6. The largest absolute Gasteiger partial charge is 1.00 e. The molecule has 0 rings (SSSR count). The summed E-state index contributed by atoms with van der Waals surface area (Å²) >= 11 is -0.0554. The SMILES string of the molecule is CC[Si](C)(C)[Zr+2][CH2]CCO.[Cl-].[Cl-]. The van der Waals surface area contributed by atoms with Crippen molar-refractivity contribution in [1.82, 2.24) is 0 Å². The maximum absolute atomic E-state index is 8.58. The normalized spacial score (nSPS) is 9.33. The second kappa shape index (κ2) is 10.7. The van der Waals surface area contributed by atoms with Crippen molar-refractivity contribution in [1.29, 1.82) is 0 Å². The fourth-order valence-corrected chi connectivity index (χ4v) is 10.3. The van der Waals surface area contributed by atoms with E-state index < -0.39 is 5.20 Å². The molecule has 0 atom stereocenters. The van der Waals surface area contributed by atoms with Crippen LogP contribution in [0, 0.1) is 0 Å². The average molecular weight is 308 g/mol. The van der Waals surface area contributed by atoms with Crippen LogP contribution in [0.3, 0.4) is 0 Å². The number of hydrogen-bond donors (Lipinski definition) is 1. The van der Waals surface area contributed by atoms with Crippen molar-refractivity contribution in [2.75, 3.05) is 6.61 Å². The minimum atomic E-state index is -0.656. The fraction of sp³-hybridized carbons (Fsp3) is 1.00. The van der Waals surface area contributed by atoms with Crippen molar-refractivity contribution in [2.24, 2.45) is 0 Å². The zero-order chi connectivity index (χ0) is 8.04. The van der Waals surface area contributed by atoms with Gasteiger partial charge in [-0.25, -0.2) is 0 Å². The molecule has 0 unspecified atom stereocenters. The van der Waals surface area contributed by atoms with Crippen LogP contribution >= 0.6 is 0 Å². The van der Waals surface area contributed by atoms with Crippen LogP contribution in [0.5, 0.6) is 0 Å². The van der Waals surface area contributed by atoms with Gasteiger partial charge in [-0.15, -0.1) is 0 Å². The number of rotatable bonds is 5. The Morgan fingerprint density at radius 1 is 1.25 bits per heavy atom. The summed E-state index contributed by atoms with van der Waals surface area (Å²) in [6.45, 7) is 7.73. The standard InChI is InChI=1S/C4H11Si.C3H7O.2ClH.Zr/c1-4-5(2)3;1-2-3-4;;;/h4H2,1-3H3;4H,1-3H2;2*1H;/q;;;;+2/p-2. The van der Waals surface area contributed by atoms with E-state index in [0.717, 1.165) is 6.42 Å². The maximum Gasteiger partial charge on any atom is -1.00 e. The molecule has 0 spiro atoms. The number of aliphatic hydroxyl groups excluding tert-OH is 1. The maximum atomic E-state index is 8.58. The van der Waals surface area contributed by atoms with E-state index in [1.165, 1.54) is 10.2 Å². The topological polar surface area (TPSA) is 20.2 Å². The second-order valence-electron chi connectivity index (χ2n) is 3.24. The van der Waals surface area contributed by atoms with Crippen LogP contribution in [0.2, 0.25) is 23.3 Å². The van der Waals surface area contributed by atoms with Crippen molar-refractivity contribution in [3.8, 4) is 0 Å². The van der Waals surface area contributed by atoms with E-state index in [-0.39, 0.29) is 47.2 Å². The van der Waals surface area contributed by atoms with Gasteiger partial charge < -0.3 is 24.8 Å². The van der Waals surface area contributed by atoms with Gasteiger partial charge in [0.05, 0.1) is 0 Å². The summed E-state index contributed by atoms with van der Waals surface area (Å²) in [7, 11) is 0. The van der Waals surface area contributed by atoms with Gasteiger partial charge in [0.15, 0.2) is 0 Å². The van der Waals surface area contributed by atoms with Crippen molar-refractivity contribution in [3.05, 3.63) is 0 Å². The number of hydrogen-bond acceptors (Lipinski definition) is 1. The van der Waals surface area contributed by atoms with E-state index in [0.29, 0.717) is 6.61 Å². The molecule has 0 heterocycles. The minimum Gasteiger partial charge on any atom is -1.00 e. The van der Waals surface area contributed by atoms with Crippen LogP contribution in [-0.4, -0.2) is 16.9 Å². The van der Waals surface area contributed by atoms with Gasteiger partial charge in [-0.3, -0.25) is 0 Å². The first-order valence-electron chi connectivity index (χ1n) is 3.98. The Morgan fingerprint density at radius 2 is 1.75 bits per heavy atom. The summed E-state index contributed by atoms with van der Waals surface area (Å²) < 4.78 is 1.40. The molecule has 1 N–H and O–H groups in total. The summed E-state index contributed by atoms with van der Waals surface area (Å²) in [6, 6.07) is 1.45. The van der Waals surface area contributed by atoms with Crippen LogP contribution in [-0.2, 0) is 22.4 Å². The van der Waals surface area contributed by atoms with Crippen LogP contribution in [0.4, 0.5) is 0 Å². The second-order valence-corrected chi connectivity index (χ2v) is 21.9. The smallest absolute Gasteiger partial charge is 1.00 e. The Kier molecular flexibility index (Phi) is 17.2. The van der Waals surface area contributed by atoms with Gasteiger partial charge in [-0.1, -0.05) is 0 Å². The molecule has 0 saturated carbocycles. The van der Waals surface area contributed by atoms with Gasteiger partial charge in [-0.05, 0) is 0 Å². The van der Waals surface area contributed by atoms with Crippen LogP contribution in [0.1, 0.15) is 13.3 Å². The van der Waals surface area contributed by atoms with E-state index in [4.69, 9.17) is 5.11 Å². The van der Waals surface area contributed by atoms with E-state index in [1.54, 1.807) is 0 Å². The minimum absolute atomic E-state index is 0. The Hall–Kier alpha value is 1.64. The van der Waals surface area contributed by atoms with Crippen LogP contribution < -0.4 is 24.8 Å². The summed E-state index contributed by atoms with van der Waals surface area (Å²) in [5.41, 5.74) is 0. The summed E-state index contributed by atoms with van der Waals surface area (Å²) in [4.78, 5) is 0. The van der Waals surface area contributed by atoms with Crippen molar-refractivity contribution in [2.45, 2.75) is 36.6 Å². The molecule has 0 aromatic heterocycles. The third-order valence-electron chi connectivity index (χ3n) is 1.82. The van der Waals surface area contributed by atoms with Gasteiger partial charge in [0, 0.05) is 0 Å². The van der Waals surface area contributed by atoms with Gasteiger partial charge in [0.2, 0.25) is 0 Å². The molecule has 0 aliphatic carbocycles. The van der Waals surface area contributed by atoms with Gasteiger partial charge >= 0.3 is 75.9 Å². The van der Waals surface area contributed by atoms with Gasteiger partial charge in [0.25, 0.3) is 0 Å². The molecular formula is C7H18Cl2OSiZr. The summed E-state index contributed by atoms with van der Waals surface area (Å²) in [6.07, 6.45) is 1.07. The van der Waals surface area contributed by atoms with E-state index in [2.05, 4.69) is 20.0 Å². The Morgan fingerprint density at radius 3 is 2.08 bits per heavy atom. The molecule has 0 fully saturated rings. The Balaban J connectivity index is -0.000000405. The first kappa shape index (κ1) is 19.2. The summed E-state index contributed by atoms with van der Waals surface area (Å²) in [5.74, 6) is 0. The zero-order valence-corrected chi connectivity index (χ0v) is 13.0. The number of aliphatic hydroxyl groups is 1. The predicted octanol–water partition coefficient (Wildman–Crippen LogP) is -3.90. The molecule has 5 heteroatoms. The van der Waals surface area contributed by atoms with Crippen molar-refractivity contribution in [3.63, 3.8) is 0 Å². The van der Waals surface area contributed by atoms with E-state index in [9.17, 15) is 0 Å². The number of halogens is 2. The van der Waals surface area contributed by atoms with Crippen LogP contribution in [0.15, 0.2) is 0 Å². The van der Waals surface area contributed by atoms with Crippen molar-refractivity contribution >= 4 is 5.20 Å². The molecule has 0 saturated heterocycles. The predicted molar refractivity (Wildman–Crippen MR) is 44.5 cm³/mol. The van der Waals surface area contributed by atoms with Gasteiger partial charge in [-0.2, -0.15) is 0 Å². The third kappa shape index (κ3) is 11.6.